The molecule has 0 unspecified atom stereocenters. The lowest BCUT2D eigenvalue weighted by Crippen LogP contribution is -2.47. The van der Waals surface area contributed by atoms with Gasteiger partial charge in [-0.05, 0) is 60.1 Å². The predicted octanol–water partition coefficient (Wildman–Crippen LogP) is 5.51. The summed E-state index contributed by atoms with van der Waals surface area (Å²) in [6.07, 6.45) is 2.04. The molecule has 3 heterocycles. The number of nitrogens with one attached hydrogen (secondary N) is 2. The Hall–Kier alpha value is -6.30. The molecule has 4 atom stereocenters. The fraction of sp³-hybridized carbons (Fsp3) is 0.333. The molecule has 4 aromatic carbocycles. The van der Waals surface area contributed by atoms with E-state index in [4.69, 9.17) is 4.74 Å². The van der Waals surface area contributed by atoms with Gasteiger partial charge in [-0.25, -0.2) is 4.79 Å². The molecular weight excluding hydrogens is 723 g/mol. The summed E-state index contributed by atoms with van der Waals surface area (Å²) in [5.74, 6) is -1.09. The third-order valence-corrected chi connectivity index (χ3v) is 11.3. The van der Waals surface area contributed by atoms with Gasteiger partial charge >= 0.3 is 6.09 Å². The number of hydrogen-bond acceptors (Lipinski definition) is 7. The molecule has 2 N–H and O–H groups in total. The van der Waals surface area contributed by atoms with Crippen LogP contribution >= 0.6 is 0 Å². The van der Waals surface area contributed by atoms with E-state index in [9.17, 15) is 28.8 Å². The van der Waals surface area contributed by atoms with Gasteiger partial charge in [0, 0.05) is 61.7 Å². The molecule has 12 nitrogen and oxygen atoms in total. The molecule has 4 amide bonds. The lowest BCUT2D eigenvalue weighted by Gasteiger charge is -2.28. The van der Waals surface area contributed by atoms with Crippen molar-refractivity contribution in [3.05, 3.63) is 119 Å². The molecule has 2 saturated heterocycles. The number of carbonyl (C=O) groups is 6. The number of hydrogen-bond donors (Lipinski definition) is 2. The minimum absolute atomic E-state index is 0.0509. The van der Waals surface area contributed by atoms with Crippen LogP contribution in [-0.4, -0.2) is 82.0 Å². The summed E-state index contributed by atoms with van der Waals surface area (Å²) in [5, 5.41) is 7.44. The summed E-state index contributed by atoms with van der Waals surface area (Å²) in [7, 11) is 3.20. The maximum atomic E-state index is 13.9. The molecule has 57 heavy (non-hydrogen) atoms. The molecule has 0 radical (unpaired) electrons. The summed E-state index contributed by atoms with van der Waals surface area (Å²) < 4.78 is 6.85. The van der Waals surface area contributed by atoms with Gasteiger partial charge in [-0.1, -0.05) is 84.9 Å². The molecule has 12 heteroatoms. The van der Waals surface area contributed by atoms with Crippen molar-refractivity contribution in [1.82, 2.24) is 25.0 Å². The van der Waals surface area contributed by atoms with Crippen molar-refractivity contribution in [2.75, 3.05) is 20.2 Å². The summed E-state index contributed by atoms with van der Waals surface area (Å²) in [5.41, 5.74) is 4.79. The van der Waals surface area contributed by atoms with Crippen molar-refractivity contribution in [1.29, 1.82) is 0 Å². The number of fused-ring (bicyclic) bond motifs is 3. The van der Waals surface area contributed by atoms with Crippen LogP contribution in [0.4, 0.5) is 4.79 Å². The first-order chi connectivity index (χ1) is 27.5. The van der Waals surface area contributed by atoms with E-state index in [0.717, 1.165) is 32.9 Å². The normalized spacial score (nSPS) is 17.7. The number of rotatable bonds is 12. The third-order valence-electron chi connectivity index (χ3n) is 11.3. The van der Waals surface area contributed by atoms with Crippen molar-refractivity contribution < 1.29 is 33.5 Å². The minimum atomic E-state index is -0.985. The van der Waals surface area contributed by atoms with Crippen molar-refractivity contribution in [3.63, 3.8) is 0 Å². The van der Waals surface area contributed by atoms with Gasteiger partial charge in [-0.3, -0.25) is 24.0 Å². The highest BCUT2D eigenvalue weighted by Crippen LogP contribution is 2.32. The van der Waals surface area contributed by atoms with E-state index >= 15 is 0 Å². The standard InChI is InChI=1S/C45H47N5O7/c1-28(51)46-41(31-12-6-4-7-13-31)43(54)49-22-10-16-35(49)39(52)26-29-18-20-33-34-21-19-30(25-38(34)48(2)37(33)24-29)27-40(53)36-17-11-23-50(36)44(55)42(47-45(56)57-3)32-14-8-5-9-15-32/h4-9,12-15,18-21,24-25,35-36,41-42H,10-11,16-17,22-23,26-27H2,1-3H3,(H,46,51)(H,47,56)/t35-,36-,41-,42-/m0/s1. The number of amides is 4. The van der Waals surface area contributed by atoms with Crippen LogP contribution in [0.25, 0.3) is 21.8 Å². The fourth-order valence-electron chi connectivity index (χ4n) is 8.46. The van der Waals surface area contributed by atoms with Crippen molar-refractivity contribution >= 4 is 57.2 Å². The molecule has 0 aliphatic carbocycles. The average molecular weight is 770 g/mol. The third kappa shape index (κ3) is 8.16. The molecule has 2 fully saturated rings. The molecule has 0 bridgehead atoms. The van der Waals surface area contributed by atoms with E-state index in [1.165, 1.54) is 14.0 Å². The second-order valence-corrected chi connectivity index (χ2v) is 15.0. The first-order valence-electron chi connectivity index (χ1n) is 19.4. The van der Waals surface area contributed by atoms with Crippen LogP contribution < -0.4 is 10.6 Å². The number of alkyl carbamates (subject to hydrolysis) is 1. The number of aromatic nitrogens is 1. The van der Waals surface area contributed by atoms with Gasteiger partial charge < -0.3 is 29.7 Å². The van der Waals surface area contributed by atoms with Crippen LogP contribution in [0.15, 0.2) is 97.1 Å². The maximum absolute atomic E-state index is 13.9. The highest BCUT2D eigenvalue weighted by Gasteiger charge is 2.39. The second kappa shape index (κ2) is 16.8. The summed E-state index contributed by atoms with van der Waals surface area (Å²) in [6, 6.07) is 26.9. The maximum Gasteiger partial charge on any atom is 0.407 e. The van der Waals surface area contributed by atoms with Crippen molar-refractivity contribution in [3.8, 4) is 0 Å². The average Bonchev–Trinajstić information content (AvgIpc) is 3.98. The molecule has 0 spiro atoms. The Morgan fingerprint density at radius 3 is 1.51 bits per heavy atom. The first-order valence-corrected chi connectivity index (χ1v) is 19.4. The Morgan fingerprint density at radius 2 is 1.09 bits per heavy atom. The van der Waals surface area contributed by atoms with E-state index in [-0.39, 0.29) is 42.1 Å². The summed E-state index contributed by atoms with van der Waals surface area (Å²) in [6.45, 7) is 2.24. The molecular formula is C45H47N5O7. The molecule has 2 aliphatic rings. The Kier molecular flexibility index (Phi) is 11.5. The Labute approximate surface area is 331 Å². The van der Waals surface area contributed by atoms with Gasteiger partial charge in [-0.15, -0.1) is 0 Å². The largest absolute Gasteiger partial charge is 0.453 e. The van der Waals surface area contributed by atoms with Crippen molar-refractivity contribution in [2.45, 2.75) is 69.6 Å². The van der Waals surface area contributed by atoms with Crippen LogP contribution in [0.3, 0.4) is 0 Å². The molecule has 0 saturated carbocycles. The number of likely N-dealkylation sites (tertiary alicyclic amines) is 2. The summed E-state index contributed by atoms with van der Waals surface area (Å²) >= 11 is 0. The van der Waals surface area contributed by atoms with E-state index in [1.807, 2.05) is 67.7 Å². The lowest BCUT2D eigenvalue weighted by atomic mass is 9.98. The van der Waals surface area contributed by atoms with E-state index in [1.54, 1.807) is 46.2 Å². The number of benzene rings is 4. The van der Waals surface area contributed by atoms with Crippen LogP contribution in [0.2, 0.25) is 0 Å². The number of nitrogens with zero attached hydrogens (tertiary/aromatic N) is 3. The number of methoxy groups -OCH3 is 1. The van der Waals surface area contributed by atoms with E-state index in [0.29, 0.717) is 49.9 Å². The van der Waals surface area contributed by atoms with Gasteiger partial charge in [0.15, 0.2) is 11.6 Å². The smallest absolute Gasteiger partial charge is 0.407 e. The first kappa shape index (κ1) is 39.0. The van der Waals surface area contributed by atoms with Gasteiger partial charge in [0.1, 0.15) is 12.1 Å². The van der Waals surface area contributed by atoms with Gasteiger partial charge in [-0.2, -0.15) is 0 Å². The second-order valence-electron chi connectivity index (χ2n) is 15.0. The zero-order valence-corrected chi connectivity index (χ0v) is 32.4. The highest BCUT2D eigenvalue weighted by atomic mass is 16.5. The number of ketones is 2. The Balaban J connectivity index is 1.06. The van der Waals surface area contributed by atoms with Crippen LogP contribution in [-0.2, 0) is 48.6 Å². The van der Waals surface area contributed by atoms with Crippen molar-refractivity contribution in [2.24, 2.45) is 7.05 Å². The quantitative estimate of drug-likeness (QED) is 0.170. The van der Waals surface area contributed by atoms with E-state index in [2.05, 4.69) is 15.2 Å². The van der Waals surface area contributed by atoms with Crippen LogP contribution in [0.1, 0.15) is 66.9 Å². The molecule has 5 aromatic rings. The van der Waals surface area contributed by atoms with Crippen LogP contribution in [0, 0.1) is 0 Å². The van der Waals surface area contributed by atoms with Gasteiger partial charge in [0.05, 0.1) is 19.2 Å². The predicted molar refractivity (Wildman–Crippen MR) is 215 cm³/mol. The van der Waals surface area contributed by atoms with E-state index < -0.39 is 30.3 Å². The lowest BCUT2D eigenvalue weighted by molar-refractivity contribution is -0.140. The number of ether oxygens (including phenoxy) is 1. The van der Waals surface area contributed by atoms with Gasteiger partial charge in [0.2, 0.25) is 11.8 Å². The minimum Gasteiger partial charge on any atom is -0.453 e. The topological polar surface area (TPSA) is 147 Å². The highest BCUT2D eigenvalue weighted by molar-refractivity contribution is 6.09. The summed E-state index contributed by atoms with van der Waals surface area (Å²) in [4.78, 5) is 82.8. The molecule has 1 aromatic heterocycles. The number of Topliss-reactive ketones (excluding diaryl/α,β-unsaturated/α-hetero) is 2. The molecule has 294 valence electrons. The number of aryl methyl sites for hydroxylation is 1. The number of carbonyl (C=O) groups excluding carboxylic acids is 6. The zero-order valence-electron chi connectivity index (χ0n) is 32.4. The van der Waals surface area contributed by atoms with Gasteiger partial charge in [0.25, 0.3) is 5.91 Å². The molecule has 2 aliphatic heterocycles. The Bertz CT molecular complexity index is 2340. The fourth-order valence-corrected chi connectivity index (χ4v) is 8.46. The zero-order chi connectivity index (χ0) is 40.2. The molecule has 7 rings (SSSR count). The van der Waals surface area contributed by atoms with Crippen LogP contribution in [0.5, 0.6) is 0 Å². The SMILES string of the molecule is COC(=O)N[C@H](C(=O)N1CCC[C@H]1C(=O)Cc1ccc2c3ccc(CC(=O)[C@@H]4CCCN4C(=O)[C@@H](NC(C)=O)c4ccccc4)cc3n(C)c2c1)c1ccccc1. The monoisotopic (exact) mass is 769 g/mol. The Morgan fingerprint density at radius 1 is 0.649 bits per heavy atom.